The maximum absolute atomic E-state index is 13.1. The van der Waals surface area contributed by atoms with Crippen molar-refractivity contribution in [3.8, 4) is 11.5 Å². The second-order valence-electron chi connectivity index (χ2n) is 6.45. The van der Waals surface area contributed by atoms with Crippen molar-refractivity contribution < 1.29 is 22.8 Å². The van der Waals surface area contributed by atoms with Gasteiger partial charge in [0.1, 0.15) is 22.9 Å². The first kappa shape index (κ1) is 19.9. The summed E-state index contributed by atoms with van der Waals surface area (Å²) in [4.78, 5) is 1.45. The molecule has 0 spiro atoms. The van der Waals surface area contributed by atoms with Gasteiger partial charge >= 0.3 is 0 Å². The van der Waals surface area contributed by atoms with Gasteiger partial charge in [-0.05, 0) is 0 Å². The maximum Gasteiger partial charge on any atom is 0.247 e. The quantitative estimate of drug-likeness (QED) is 0.781. The second-order valence-corrected chi connectivity index (χ2v) is 8.77. The van der Waals surface area contributed by atoms with Crippen LogP contribution in [-0.4, -0.2) is 53.1 Å². The fourth-order valence-corrected chi connectivity index (χ4v) is 5.10. The first-order valence-electron chi connectivity index (χ1n) is 8.75. The van der Waals surface area contributed by atoms with Gasteiger partial charge < -0.3 is 14.4 Å². The zero-order valence-corrected chi connectivity index (χ0v) is 17.0. The molecule has 3 rings (SSSR count). The van der Waals surface area contributed by atoms with Crippen LogP contribution in [0.5, 0.6) is 11.5 Å². The fraction of sp³-hybridized carbons (Fsp3) is 0.368. The molecule has 1 N–H and O–H groups in total. The predicted octanol–water partition coefficient (Wildman–Crippen LogP) is 1.45. The van der Waals surface area contributed by atoms with Gasteiger partial charge in [0, 0.05) is 17.7 Å². The van der Waals surface area contributed by atoms with Gasteiger partial charge in [0.25, 0.3) is 0 Å². The average molecular weight is 412 g/mol. The molecule has 1 saturated heterocycles. The Morgan fingerprint density at radius 3 is 2.26 bits per heavy atom. The molecular weight excluding hydrogens is 388 g/mol. The van der Waals surface area contributed by atoms with E-state index >= 15 is 0 Å². The number of piperazine rings is 1. The molecule has 0 aliphatic carbocycles. The molecule has 6 nitrogen and oxygen atoms in total. The van der Waals surface area contributed by atoms with Crippen molar-refractivity contribution in [2.75, 3.05) is 40.4 Å². The minimum atomic E-state index is -3.69. The number of rotatable bonds is 6. The Hall–Kier alpha value is -1.80. The summed E-state index contributed by atoms with van der Waals surface area (Å²) in [7, 11) is -0.810. The second kappa shape index (κ2) is 8.48. The lowest BCUT2D eigenvalue weighted by atomic mass is 10.2. The van der Waals surface area contributed by atoms with Gasteiger partial charge in [-0.15, -0.1) is 0 Å². The van der Waals surface area contributed by atoms with Crippen molar-refractivity contribution in [1.29, 1.82) is 0 Å². The zero-order valence-electron chi connectivity index (χ0n) is 15.4. The summed E-state index contributed by atoms with van der Waals surface area (Å²) in [5.74, 6) is 0.532. The summed E-state index contributed by atoms with van der Waals surface area (Å²) < 4.78 is 38.2. The molecule has 2 aromatic carbocycles. The zero-order chi connectivity index (χ0) is 19.4. The van der Waals surface area contributed by atoms with Crippen LogP contribution in [0, 0.1) is 0 Å². The van der Waals surface area contributed by atoms with Gasteiger partial charge in [0.15, 0.2) is 0 Å². The Bertz CT molecular complexity index is 882. The molecule has 0 radical (unpaired) electrons. The highest BCUT2D eigenvalue weighted by Gasteiger charge is 2.33. The molecule has 146 valence electrons. The molecular formula is C19H24ClN2O4S+. The van der Waals surface area contributed by atoms with Crippen molar-refractivity contribution in [2.24, 2.45) is 0 Å². The van der Waals surface area contributed by atoms with E-state index in [0.717, 1.165) is 19.6 Å². The SMILES string of the molecule is COc1cc(S(=O)(=O)N2CC[NH+](Cc3ccccc3)CC2)c(OC)cc1Cl. The van der Waals surface area contributed by atoms with Crippen molar-refractivity contribution >= 4 is 21.6 Å². The minimum absolute atomic E-state index is 0.0813. The summed E-state index contributed by atoms with van der Waals surface area (Å²) >= 11 is 6.10. The van der Waals surface area contributed by atoms with Crippen molar-refractivity contribution in [2.45, 2.75) is 11.4 Å². The Labute approximate surface area is 165 Å². The maximum atomic E-state index is 13.1. The standard InChI is InChI=1S/C19H23ClN2O4S/c1-25-17-13-19(18(26-2)12-16(17)20)27(23,24)22-10-8-21(9-11-22)14-15-6-4-3-5-7-15/h3-7,12-13H,8-11,14H2,1-2H3/p+1. The molecule has 0 unspecified atom stereocenters. The van der Waals surface area contributed by atoms with E-state index in [4.69, 9.17) is 21.1 Å². The molecule has 8 heteroatoms. The molecule has 1 aliphatic rings. The van der Waals surface area contributed by atoms with Gasteiger partial charge in [-0.3, -0.25) is 0 Å². The number of halogens is 1. The van der Waals surface area contributed by atoms with E-state index in [1.165, 1.54) is 41.1 Å². The van der Waals surface area contributed by atoms with Crippen molar-refractivity contribution in [1.82, 2.24) is 4.31 Å². The summed E-state index contributed by atoms with van der Waals surface area (Å²) in [6.07, 6.45) is 0. The number of quaternary nitrogens is 1. The van der Waals surface area contributed by atoms with Crippen LogP contribution in [0.3, 0.4) is 0 Å². The highest BCUT2D eigenvalue weighted by molar-refractivity contribution is 7.89. The monoisotopic (exact) mass is 411 g/mol. The highest BCUT2D eigenvalue weighted by Crippen LogP contribution is 2.36. The number of nitrogens with zero attached hydrogens (tertiary/aromatic N) is 1. The highest BCUT2D eigenvalue weighted by atomic mass is 35.5. The van der Waals surface area contributed by atoms with E-state index in [-0.39, 0.29) is 10.6 Å². The van der Waals surface area contributed by atoms with E-state index in [0.29, 0.717) is 23.9 Å². The van der Waals surface area contributed by atoms with E-state index in [2.05, 4.69) is 12.1 Å². The first-order valence-corrected chi connectivity index (χ1v) is 10.6. The summed E-state index contributed by atoms with van der Waals surface area (Å²) in [6.45, 7) is 3.31. The lowest BCUT2D eigenvalue weighted by molar-refractivity contribution is -0.917. The Morgan fingerprint density at radius 1 is 1.04 bits per heavy atom. The number of methoxy groups -OCH3 is 2. The van der Waals surface area contributed by atoms with Crippen LogP contribution in [0.4, 0.5) is 0 Å². The number of nitrogens with one attached hydrogen (secondary N) is 1. The van der Waals surface area contributed by atoms with Gasteiger partial charge in [-0.25, -0.2) is 8.42 Å². The third-order valence-electron chi connectivity index (χ3n) is 4.78. The van der Waals surface area contributed by atoms with Crippen LogP contribution in [0.15, 0.2) is 47.4 Å². The molecule has 0 bridgehead atoms. The van der Waals surface area contributed by atoms with Crippen LogP contribution >= 0.6 is 11.6 Å². The molecule has 1 aliphatic heterocycles. The average Bonchev–Trinajstić information content (AvgIpc) is 2.68. The molecule has 2 aromatic rings. The van der Waals surface area contributed by atoms with Crippen LogP contribution < -0.4 is 14.4 Å². The molecule has 0 saturated carbocycles. The lowest BCUT2D eigenvalue weighted by Gasteiger charge is -2.32. The van der Waals surface area contributed by atoms with E-state index < -0.39 is 10.0 Å². The number of hydrogen-bond donors (Lipinski definition) is 1. The lowest BCUT2D eigenvalue weighted by Crippen LogP contribution is -3.13. The van der Waals surface area contributed by atoms with Gasteiger partial charge in [-0.2, -0.15) is 4.31 Å². The van der Waals surface area contributed by atoms with Gasteiger partial charge in [0.05, 0.1) is 45.4 Å². The van der Waals surface area contributed by atoms with Crippen LogP contribution in [0.1, 0.15) is 5.56 Å². The topological polar surface area (TPSA) is 60.3 Å². The molecule has 0 amide bonds. The molecule has 1 heterocycles. The van der Waals surface area contributed by atoms with Gasteiger partial charge in [0.2, 0.25) is 10.0 Å². The first-order chi connectivity index (χ1) is 13.0. The Kier molecular flexibility index (Phi) is 6.26. The summed E-state index contributed by atoms with van der Waals surface area (Å²) in [6, 6.07) is 13.1. The predicted molar refractivity (Wildman–Crippen MR) is 104 cm³/mol. The summed E-state index contributed by atoms with van der Waals surface area (Å²) in [5, 5.41) is 0.311. The Morgan fingerprint density at radius 2 is 1.67 bits per heavy atom. The number of hydrogen-bond acceptors (Lipinski definition) is 4. The minimum Gasteiger partial charge on any atom is -0.495 e. The third-order valence-corrected chi connectivity index (χ3v) is 7.00. The number of benzene rings is 2. The Balaban J connectivity index is 1.75. The molecule has 27 heavy (non-hydrogen) atoms. The molecule has 0 atom stereocenters. The van der Waals surface area contributed by atoms with Crippen LogP contribution in [0.25, 0.3) is 0 Å². The normalized spacial score (nSPS) is 16.3. The van der Waals surface area contributed by atoms with Crippen molar-refractivity contribution in [3.05, 3.63) is 53.1 Å². The van der Waals surface area contributed by atoms with E-state index in [9.17, 15) is 8.42 Å². The number of sulfonamides is 1. The van der Waals surface area contributed by atoms with Crippen molar-refractivity contribution in [3.63, 3.8) is 0 Å². The third kappa shape index (κ3) is 4.38. The smallest absolute Gasteiger partial charge is 0.247 e. The molecule has 1 fully saturated rings. The van der Waals surface area contributed by atoms with Crippen LogP contribution in [-0.2, 0) is 16.6 Å². The number of ether oxygens (including phenoxy) is 2. The largest absolute Gasteiger partial charge is 0.495 e. The van der Waals surface area contributed by atoms with E-state index in [1.54, 1.807) is 0 Å². The van der Waals surface area contributed by atoms with Crippen LogP contribution in [0.2, 0.25) is 5.02 Å². The van der Waals surface area contributed by atoms with Gasteiger partial charge in [-0.1, -0.05) is 41.9 Å². The van der Waals surface area contributed by atoms with E-state index in [1.807, 2.05) is 18.2 Å². The summed E-state index contributed by atoms with van der Waals surface area (Å²) in [5.41, 5.74) is 1.26. The fourth-order valence-electron chi connectivity index (χ4n) is 3.28. The molecule has 0 aromatic heterocycles.